The summed E-state index contributed by atoms with van der Waals surface area (Å²) in [6, 6.07) is 19.1. The molecule has 0 aliphatic carbocycles. The van der Waals surface area contributed by atoms with Crippen molar-refractivity contribution in [2.75, 3.05) is 75.4 Å². The maximum Gasteiger partial charge on any atom is 0.341 e. The number of unbranched alkanes of at least 4 members (excludes halogenated alkanes) is 4. The number of para-hydroxylation sites is 1. The van der Waals surface area contributed by atoms with Gasteiger partial charge in [-0.25, -0.2) is 4.79 Å². The second-order valence-corrected chi connectivity index (χ2v) is 21.9. The summed E-state index contributed by atoms with van der Waals surface area (Å²) in [5.74, 6) is -7.72. The number of carbonyl (C=O) groups excluding carboxylic acids is 9. The van der Waals surface area contributed by atoms with Crippen LogP contribution < -0.4 is 90.2 Å². The van der Waals surface area contributed by atoms with E-state index in [1.54, 1.807) is 18.3 Å². The van der Waals surface area contributed by atoms with Gasteiger partial charge in [-0.3, -0.25) is 43.2 Å². The number of hydrogen-bond acceptors (Lipinski definition) is 18. The number of aromatic nitrogens is 1. The molecular formula is C66H84N14O15. The molecular weight excluding hydrogens is 1230 g/mol. The number of anilines is 4. The second-order valence-electron chi connectivity index (χ2n) is 21.9. The number of nitrogens with one attached hydrogen (secondary N) is 9. The van der Waals surface area contributed by atoms with Gasteiger partial charge in [-0.15, -0.1) is 0 Å². The number of fused-ring (bicyclic) bond motifs is 1. The molecule has 4 unspecified atom stereocenters. The molecule has 29 heteroatoms. The van der Waals surface area contributed by atoms with Crippen LogP contribution >= 0.6 is 0 Å². The quantitative estimate of drug-likeness (QED) is 0.0240. The van der Waals surface area contributed by atoms with Crippen LogP contribution in [0.5, 0.6) is 23.0 Å². The van der Waals surface area contributed by atoms with Gasteiger partial charge < -0.3 is 100 Å². The number of carboxylic acids is 1. The van der Waals surface area contributed by atoms with Gasteiger partial charge in [0.15, 0.2) is 6.61 Å². The molecule has 0 spiro atoms. The third-order valence-corrected chi connectivity index (χ3v) is 15.1. The highest BCUT2D eigenvalue weighted by atomic mass is 16.5. The fourth-order valence-electron chi connectivity index (χ4n) is 10.1. The minimum absolute atomic E-state index is 0.00130. The third kappa shape index (κ3) is 21.5. The Morgan fingerprint density at radius 3 is 1.07 bits per heavy atom. The number of amides is 9. The predicted octanol–water partition coefficient (Wildman–Crippen LogP) is 4.22. The minimum Gasteiger partial charge on any atom is -0.496 e. The maximum absolute atomic E-state index is 14.4. The first-order chi connectivity index (χ1) is 45.7. The Morgan fingerprint density at radius 1 is 0.421 bits per heavy atom. The second kappa shape index (κ2) is 37.2. The van der Waals surface area contributed by atoms with Gasteiger partial charge >= 0.3 is 5.97 Å². The number of ether oxygens (including phenoxy) is 4. The van der Waals surface area contributed by atoms with Gasteiger partial charge in [-0.2, -0.15) is 0 Å². The van der Waals surface area contributed by atoms with Crippen molar-refractivity contribution in [2.24, 2.45) is 28.7 Å². The van der Waals surface area contributed by atoms with Crippen molar-refractivity contribution < 1.29 is 72.0 Å². The molecule has 20 N–H and O–H groups in total. The number of primary amides is 1. The third-order valence-electron chi connectivity index (χ3n) is 15.1. The summed E-state index contributed by atoms with van der Waals surface area (Å²) >= 11 is 0. The van der Waals surface area contributed by atoms with Gasteiger partial charge in [-0.05, 0) is 182 Å². The molecule has 508 valence electrons. The number of hydrogen-bond donors (Lipinski definition) is 15. The van der Waals surface area contributed by atoms with E-state index in [0.29, 0.717) is 75.4 Å². The Kier molecular flexibility index (Phi) is 28.7. The molecule has 5 aromatic carbocycles. The number of methoxy groups -OCH3 is 3. The lowest BCUT2D eigenvalue weighted by molar-refractivity contribution is -0.139. The lowest BCUT2D eigenvalue weighted by atomic mass is 10.0. The Bertz CT molecular complexity index is 3690. The van der Waals surface area contributed by atoms with Crippen LogP contribution in [0, 0.1) is 0 Å². The molecule has 6 rings (SSSR count). The molecule has 95 heavy (non-hydrogen) atoms. The molecule has 0 radical (unpaired) electrons. The standard InChI is InChI=1S/C66H84N14O15/c1-92-53-24-20-38(32-43(53)58(71)83)73-63(88)51(18-8-12-30-69)79-61(86)46-35-41(23-27-56(46)95-37-57(81)82)76-65(90)50(17-7-11-29-68)78-60(85)44-33-39(21-25-54(44)93-2)74-64(89)49(16-6-10-28-67)77-59(84)45-34-40(22-26-55(45)94-3)75-66(91)52(19-9-13-31-70)80-62(87)47-36-72-48-15-5-4-14-42(47)48/h4-5,14-15,20-27,32-36,49-52,72H,6-13,16-19,28-31,37,67-70H2,1-3H3,(H2,71,83)(H,73,88)(H,74,89)(H,75,91)(H,76,90)(H,77,84)(H,78,85)(H,79,86)(H,80,87)(H,81,82). The van der Waals surface area contributed by atoms with Crippen LogP contribution in [0.3, 0.4) is 0 Å². The summed E-state index contributed by atoms with van der Waals surface area (Å²) in [4.78, 5) is 140. The molecule has 29 nitrogen and oxygen atoms in total. The molecule has 0 bridgehead atoms. The van der Waals surface area contributed by atoms with Crippen LogP contribution in [0.2, 0.25) is 0 Å². The average molecular weight is 1310 g/mol. The van der Waals surface area contributed by atoms with E-state index in [1.165, 1.54) is 94.1 Å². The number of aliphatic carboxylic acids is 1. The van der Waals surface area contributed by atoms with E-state index >= 15 is 0 Å². The monoisotopic (exact) mass is 1310 g/mol. The van der Waals surface area contributed by atoms with Crippen LogP contribution in [0.1, 0.15) is 129 Å². The van der Waals surface area contributed by atoms with Gasteiger partial charge in [-0.1, -0.05) is 18.2 Å². The number of rotatable bonds is 39. The SMILES string of the molecule is COc1ccc(NC(=O)C(CCCCN)NC(=O)c2cc(NC(=O)C(CCCCN)NC(=O)c3cc(NC(=O)C(CCCCN)NC(=O)c4cc(NC(=O)C(CCCCN)NC(=O)c5c[nH]c6ccccc56)ccc4OC)ccc3OC)ccc2OCC(=O)O)cc1C(N)=O. The van der Waals surface area contributed by atoms with E-state index in [2.05, 4.69) is 47.5 Å². The molecule has 4 atom stereocenters. The summed E-state index contributed by atoms with van der Waals surface area (Å²) in [5, 5.41) is 32.2. The van der Waals surface area contributed by atoms with Crippen LogP contribution in [0.25, 0.3) is 10.9 Å². The summed E-state index contributed by atoms with van der Waals surface area (Å²) in [6.45, 7) is 0.336. The van der Waals surface area contributed by atoms with Gasteiger partial charge in [0.2, 0.25) is 23.6 Å². The summed E-state index contributed by atoms with van der Waals surface area (Å²) in [6.07, 6.45) is 5.79. The zero-order valence-electron chi connectivity index (χ0n) is 53.2. The molecule has 6 aromatic rings. The molecule has 1 heterocycles. The van der Waals surface area contributed by atoms with Crippen LogP contribution in [0.4, 0.5) is 22.7 Å². The molecule has 0 saturated heterocycles. The number of carbonyl (C=O) groups is 10. The highest BCUT2D eigenvalue weighted by Crippen LogP contribution is 2.29. The fourth-order valence-corrected chi connectivity index (χ4v) is 10.1. The Morgan fingerprint density at radius 2 is 0.737 bits per heavy atom. The minimum atomic E-state index is -1.37. The number of benzene rings is 5. The molecule has 0 aliphatic heterocycles. The van der Waals surface area contributed by atoms with Gasteiger partial charge in [0.1, 0.15) is 47.2 Å². The molecule has 0 saturated carbocycles. The van der Waals surface area contributed by atoms with E-state index in [-0.39, 0.29) is 107 Å². The first kappa shape index (κ1) is 73.4. The van der Waals surface area contributed by atoms with Gasteiger partial charge in [0.25, 0.3) is 29.5 Å². The average Bonchev–Trinajstić information content (AvgIpc) is 1.84. The van der Waals surface area contributed by atoms with Crippen molar-refractivity contribution >= 4 is 92.8 Å². The van der Waals surface area contributed by atoms with Crippen molar-refractivity contribution in [3.8, 4) is 23.0 Å². The van der Waals surface area contributed by atoms with E-state index in [1.807, 2.05) is 12.1 Å². The zero-order valence-corrected chi connectivity index (χ0v) is 53.2. The van der Waals surface area contributed by atoms with Crippen molar-refractivity contribution in [1.29, 1.82) is 0 Å². The van der Waals surface area contributed by atoms with Crippen molar-refractivity contribution in [1.82, 2.24) is 26.3 Å². The summed E-state index contributed by atoms with van der Waals surface area (Å²) < 4.78 is 21.8. The number of aromatic amines is 1. The van der Waals surface area contributed by atoms with Crippen molar-refractivity contribution in [2.45, 2.75) is 101 Å². The van der Waals surface area contributed by atoms with E-state index in [9.17, 15) is 53.1 Å². The topological polar surface area (TPSA) is 470 Å². The molecule has 1 aromatic heterocycles. The van der Waals surface area contributed by atoms with Crippen molar-refractivity contribution in [3.05, 3.63) is 131 Å². The maximum atomic E-state index is 14.4. The highest BCUT2D eigenvalue weighted by Gasteiger charge is 2.30. The largest absolute Gasteiger partial charge is 0.496 e. The molecule has 0 aliphatic rings. The number of H-pyrrole nitrogens is 1. The molecule has 9 amide bonds. The summed E-state index contributed by atoms with van der Waals surface area (Å²) in [7, 11) is 4.00. The Labute approximate surface area is 548 Å². The summed E-state index contributed by atoms with van der Waals surface area (Å²) in [5.41, 5.74) is 29.8. The van der Waals surface area contributed by atoms with E-state index in [4.69, 9.17) is 47.6 Å². The van der Waals surface area contributed by atoms with Crippen LogP contribution in [-0.4, -0.2) is 148 Å². The van der Waals surface area contributed by atoms with Gasteiger partial charge in [0, 0.05) is 39.8 Å². The number of carboxylic acid groups (broad SMARTS) is 1. The Hall–Kier alpha value is -10.6. The highest BCUT2D eigenvalue weighted by molar-refractivity contribution is 6.10. The predicted molar refractivity (Wildman–Crippen MR) is 357 cm³/mol. The zero-order chi connectivity index (χ0) is 69.0. The van der Waals surface area contributed by atoms with E-state index < -0.39 is 89.9 Å². The first-order valence-corrected chi connectivity index (χ1v) is 30.9. The normalized spacial score (nSPS) is 12.2. The first-order valence-electron chi connectivity index (χ1n) is 30.9. The molecule has 0 fully saturated rings. The lowest BCUT2D eigenvalue weighted by Gasteiger charge is -2.22. The van der Waals surface area contributed by atoms with Crippen LogP contribution in [0.15, 0.2) is 103 Å². The van der Waals surface area contributed by atoms with Crippen LogP contribution in [-0.2, 0) is 24.0 Å². The number of nitrogens with two attached hydrogens (primary N) is 5. The van der Waals surface area contributed by atoms with Crippen molar-refractivity contribution in [3.63, 3.8) is 0 Å². The Balaban J connectivity index is 1.19. The fraction of sp³-hybridized carbons (Fsp3) is 0.364. The van der Waals surface area contributed by atoms with E-state index in [0.717, 1.165) is 5.52 Å². The smallest absolute Gasteiger partial charge is 0.341 e. The van der Waals surface area contributed by atoms with Gasteiger partial charge in [0.05, 0.1) is 49.1 Å². The lowest BCUT2D eigenvalue weighted by Crippen LogP contribution is -2.44.